The number of carbonyl (C=O) groups excluding carboxylic acids is 1. The van der Waals surface area contributed by atoms with Gasteiger partial charge in [0.05, 0.1) is 12.2 Å². The van der Waals surface area contributed by atoms with Crippen LogP contribution in [0.25, 0.3) is 0 Å². The lowest BCUT2D eigenvalue weighted by molar-refractivity contribution is 0.0933. The maximum Gasteiger partial charge on any atom is 0.270 e. The first-order valence-corrected chi connectivity index (χ1v) is 5.91. The van der Waals surface area contributed by atoms with Crippen LogP contribution < -0.4 is 5.32 Å². The summed E-state index contributed by atoms with van der Waals surface area (Å²) in [4.78, 5) is 15.5. The highest BCUT2D eigenvalue weighted by atomic mass is 19.1. The van der Waals surface area contributed by atoms with Gasteiger partial charge in [0.15, 0.2) is 0 Å². The zero-order valence-electron chi connectivity index (χ0n) is 11.0. The molecule has 5 nitrogen and oxygen atoms in total. The van der Waals surface area contributed by atoms with Crippen molar-refractivity contribution >= 4 is 5.91 Å². The molecule has 6 heteroatoms. The van der Waals surface area contributed by atoms with E-state index in [9.17, 15) is 9.18 Å². The highest BCUT2D eigenvalue weighted by molar-refractivity contribution is 5.92. The number of nitrogens with zero attached hydrogens (tertiary/aromatic N) is 3. The van der Waals surface area contributed by atoms with E-state index < -0.39 is 11.9 Å². The largest absolute Gasteiger partial charge is 0.344 e. The van der Waals surface area contributed by atoms with Crippen LogP contribution in [0, 0.1) is 12.9 Å². The SMILES string of the molecule is Cc1c(C(C)NC(=O)c2cccc(F)n2)cnn1C. The molecule has 0 aliphatic heterocycles. The number of hydrogen-bond donors (Lipinski definition) is 1. The van der Waals surface area contributed by atoms with Crippen molar-refractivity contribution in [2.24, 2.45) is 7.05 Å². The molecular formula is C13H15FN4O. The van der Waals surface area contributed by atoms with Crippen molar-refractivity contribution in [3.05, 3.63) is 47.3 Å². The number of pyridine rings is 1. The van der Waals surface area contributed by atoms with Gasteiger partial charge in [0.2, 0.25) is 5.95 Å². The molecule has 0 bridgehead atoms. The Kier molecular flexibility index (Phi) is 3.59. The van der Waals surface area contributed by atoms with Gasteiger partial charge in [-0.1, -0.05) is 6.07 Å². The standard InChI is InChI=1S/C13H15FN4O/c1-8(10-7-15-18(3)9(10)2)16-13(19)11-5-4-6-12(14)17-11/h4-8H,1-3H3,(H,16,19). The minimum absolute atomic E-state index is 0.0633. The van der Waals surface area contributed by atoms with Gasteiger partial charge in [0.25, 0.3) is 5.91 Å². The van der Waals surface area contributed by atoms with Gasteiger partial charge in [-0.05, 0) is 26.0 Å². The summed E-state index contributed by atoms with van der Waals surface area (Å²) in [5, 5.41) is 6.89. The van der Waals surface area contributed by atoms with Crippen LogP contribution in [0.1, 0.15) is 34.7 Å². The number of aromatic nitrogens is 3. The summed E-state index contributed by atoms with van der Waals surface area (Å²) in [5.41, 5.74) is 1.96. The van der Waals surface area contributed by atoms with Crippen LogP contribution in [0.4, 0.5) is 4.39 Å². The molecule has 2 aromatic heterocycles. The number of hydrogen-bond acceptors (Lipinski definition) is 3. The van der Waals surface area contributed by atoms with E-state index in [4.69, 9.17) is 0 Å². The Morgan fingerprint density at radius 3 is 2.79 bits per heavy atom. The second-order valence-electron chi connectivity index (χ2n) is 4.35. The van der Waals surface area contributed by atoms with Gasteiger partial charge >= 0.3 is 0 Å². The molecule has 0 aliphatic rings. The van der Waals surface area contributed by atoms with E-state index in [1.807, 2.05) is 20.9 Å². The minimum atomic E-state index is -0.669. The molecular weight excluding hydrogens is 247 g/mol. The zero-order valence-corrected chi connectivity index (χ0v) is 11.0. The van der Waals surface area contributed by atoms with E-state index >= 15 is 0 Å². The van der Waals surface area contributed by atoms with Crippen molar-refractivity contribution < 1.29 is 9.18 Å². The molecule has 19 heavy (non-hydrogen) atoms. The molecule has 1 unspecified atom stereocenters. The summed E-state index contributed by atoms with van der Waals surface area (Å²) >= 11 is 0. The molecule has 0 aliphatic carbocycles. The number of carbonyl (C=O) groups is 1. The fraction of sp³-hybridized carbons (Fsp3) is 0.308. The molecule has 2 aromatic rings. The summed E-state index contributed by atoms with van der Waals surface area (Å²) in [6.07, 6.45) is 1.71. The second kappa shape index (κ2) is 5.17. The Hall–Kier alpha value is -2.24. The lowest BCUT2D eigenvalue weighted by Gasteiger charge is -2.13. The summed E-state index contributed by atoms with van der Waals surface area (Å²) in [6.45, 7) is 3.77. The van der Waals surface area contributed by atoms with Crippen molar-refractivity contribution in [1.82, 2.24) is 20.1 Å². The molecule has 0 aromatic carbocycles. The van der Waals surface area contributed by atoms with E-state index in [1.165, 1.54) is 18.2 Å². The zero-order chi connectivity index (χ0) is 14.0. The van der Waals surface area contributed by atoms with Crippen LogP contribution in [0.5, 0.6) is 0 Å². The number of aryl methyl sites for hydroxylation is 1. The first kappa shape index (κ1) is 13.2. The number of rotatable bonds is 3. The topological polar surface area (TPSA) is 59.8 Å². The molecule has 1 atom stereocenters. The van der Waals surface area contributed by atoms with E-state index in [-0.39, 0.29) is 11.7 Å². The first-order chi connectivity index (χ1) is 8.99. The molecule has 100 valence electrons. The van der Waals surface area contributed by atoms with Gasteiger partial charge in [0, 0.05) is 18.3 Å². The van der Waals surface area contributed by atoms with Gasteiger partial charge in [-0.2, -0.15) is 9.49 Å². The molecule has 1 N–H and O–H groups in total. The van der Waals surface area contributed by atoms with Crippen LogP contribution in [0.2, 0.25) is 0 Å². The molecule has 2 heterocycles. The van der Waals surface area contributed by atoms with Crippen LogP contribution in [0.3, 0.4) is 0 Å². The average molecular weight is 262 g/mol. The third-order valence-corrected chi connectivity index (χ3v) is 3.04. The highest BCUT2D eigenvalue weighted by Crippen LogP contribution is 2.16. The smallest absolute Gasteiger partial charge is 0.270 e. The number of halogens is 1. The van der Waals surface area contributed by atoms with E-state index in [1.54, 1.807) is 10.9 Å². The van der Waals surface area contributed by atoms with Gasteiger partial charge in [0.1, 0.15) is 5.69 Å². The molecule has 0 spiro atoms. The van der Waals surface area contributed by atoms with Crippen LogP contribution >= 0.6 is 0 Å². The molecule has 0 saturated heterocycles. The lowest BCUT2D eigenvalue weighted by atomic mass is 10.1. The van der Waals surface area contributed by atoms with Crippen molar-refractivity contribution in [3.63, 3.8) is 0 Å². The van der Waals surface area contributed by atoms with E-state index in [0.29, 0.717) is 0 Å². The normalized spacial score (nSPS) is 12.2. The Bertz CT molecular complexity index is 608. The predicted molar refractivity (Wildman–Crippen MR) is 68.0 cm³/mol. The Labute approximate surface area is 110 Å². The fourth-order valence-electron chi connectivity index (χ4n) is 1.82. The molecule has 2 rings (SSSR count). The third kappa shape index (κ3) is 2.78. The quantitative estimate of drug-likeness (QED) is 0.857. The predicted octanol–water partition coefficient (Wildman–Crippen LogP) is 1.75. The van der Waals surface area contributed by atoms with Crippen molar-refractivity contribution in [3.8, 4) is 0 Å². The Morgan fingerprint density at radius 2 is 2.21 bits per heavy atom. The van der Waals surface area contributed by atoms with Crippen molar-refractivity contribution in [2.45, 2.75) is 19.9 Å². The minimum Gasteiger partial charge on any atom is -0.344 e. The van der Waals surface area contributed by atoms with E-state index in [0.717, 1.165) is 11.3 Å². The van der Waals surface area contributed by atoms with Crippen molar-refractivity contribution in [1.29, 1.82) is 0 Å². The second-order valence-corrected chi connectivity index (χ2v) is 4.35. The number of amides is 1. The van der Waals surface area contributed by atoms with Gasteiger partial charge in [-0.25, -0.2) is 4.98 Å². The average Bonchev–Trinajstić information content (AvgIpc) is 2.70. The molecule has 1 amide bonds. The summed E-state index contributed by atoms with van der Waals surface area (Å²) in [5.74, 6) is -1.08. The highest BCUT2D eigenvalue weighted by Gasteiger charge is 2.16. The number of nitrogens with one attached hydrogen (secondary N) is 1. The summed E-state index contributed by atoms with van der Waals surface area (Å²) in [7, 11) is 1.83. The van der Waals surface area contributed by atoms with Crippen LogP contribution in [-0.4, -0.2) is 20.7 Å². The first-order valence-electron chi connectivity index (χ1n) is 5.91. The maximum absolute atomic E-state index is 13.0. The van der Waals surface area contributed by atoms with Crippen LogP contribution in [-0.2, 0) is 7.05 Å². The van der Waals surface area contributed by atoms with Crippen molar-refractivity contribution in [2.75, 3.05) is 0 Å². The Balaban J connectivity index is 2.13. The lowest BCUT2D eigenvalue weighted by Crippen LogP contribution is -2.27. The van der Waals surface area contributed by atoms with Gasteiger partial charge in [-0.15, -0.1) is 0 Å². The van der Waals surface area contributed by atoms with Gasteiger partial charge < -0.3 is 5.32 Å². The Morgan fingerprint density at radius 1 is 1.47 bits per heavy atom. The maximum atomic E-state index is 13.0. The van der Waals surface area contributed by atoms with Crippen LogP contribution in [0.15, 0.2) is 24.4 Å². The fourth-order valence-corrected chi connectivity index (χ4v) is 1.82. The van der Waals surface area contributed by atoms with Gasteiger partial charge in [-0.3, -0.25) is 9.48 Å². The molecule has 0 fully saturated rings. The molecule has 0 radical (unpaired) electrons. The summed E-state index contributed by atoms with van der Waals surface area (Å²) in [6, 6.07) is 3.91. The van der Waals surface area contributed by atoms with E-state index in [2.05, 4.69) is 15.4 Å². The molecule has 0 saturated carbocycles. The monoisotopic (exact) mass is 262 g/mol. The third-order valence-electron chi connectivity index (χ3n) is 3.04. The summed E-state index contributed by atoms with van der Waals surface area (Å²) < 4.78 is 14.7.